The van der Waals surface area contributed by atoms with Gasteiger partial charge in [-0.25, -0.2) is 0 Å². The van der Waals surface area contributed by atoms with Crippen molar-refractivity contribution in [3.63, 3.8) is 0 Å². The molecule has 0 aliphatic heterocycles. The van der Waals surface area contributed by atoms with E-state index in [1.54, 1.807) is 0 Å². The third kappa shape index (κ3) is 2.75. The van der Waals surface area contributed by atoms with E-state index in [1.807, 2.05) is 0 Å². The van der Waals surface area contributed by atoms with Crippen LogP contribution in [0.15, 0.2) is 10.3 Å². The third-order valence-electron chi connectivity index (χ3n) is 0.335. The van der Waals surface area contributed by atoms with Crippen molar-refractivity contribution in [3.05, 3.63) is 6.92 Å². The zero-order chi connectivity index (χ0) is 5.70. The van der Waals surface area contributed by atoms with Crippen molar-refractivity contribution in [2.75, 3.05) is 0 Å². The average Bonchev–Trinajstić information content (AvgIpc) is 1.68. The number of nitrogens with zero attached hydrogens (tertiary/aromatic N) is 2. The zero-order valence-electron chi connectivity index (χ0n) is 3.57. The summed E-state index contributed by atoms with van der Waals surface area (Å²) in [5, 5.41) is 20.6. The van der Waals surface area contributed by atoms with Crippen molar-refractivity contribution in [2.45, 2.75) is 0 Å². The highest BCUT2D eigenvalue weighted by molar-refractivity contribution is 6.32. The molecule has 0 spiro atoms. The summed E-state index contributed by atoms with van der Waals surface area (Å²) in [6.07, 6.45) is 0.917. The minimum Gasteiger partial charge on any atom is -0.411 e. The van der Waals surface area contributed by atoms with Gasteiger partial charge in [0.1, 0.15) is 5.71 Å². The Morgan fingerprint density at radius 3 is 2.29 bits per heavy atom. The third-order valence-corrected chi connectivity index (χ3v) is 0.335. The van der Waals surface area contributed by atoms with Crippen LogP contribution in [0.4, 0.5) is 0 Å². The Kier molecular flexibility index (Phi) is 2.67. The van der Waals surface area contributed by atoms with Gasteiger partial charge in [-0.3, -0.25) is 0 Å². The predicted molar refractivity (Wildman–Crippen MR) is 24.9 cm³/mol. The molecule has 0 aliphatic carbocycles. The Hall–Kier alpha value is -1.06. The van der Waals surface area contributed by atoms with Crippen LogP contribution in [0.3, 0.4) is 0 Å². The maximum Gasteiger partial charge on any atom is 0.101 e. The minimum absolute atomic E-state index is 0.0162. The lowest BCUT2D eigenvalue weighted by Gasteiger charge is -1.76. The van der Waals surface area contributed by atoms with Crippen molar-refractivity contribution >= 4 is 11.9 Å². The zero-order valence-corrected chi connectivity index (χ0v) is 3.57. The van der Waals surface area contributed by atoms with Gasteiger partial charge in [0.05, 0.1) is 6.21 Å². The molecule has 0 unspecified atom stereocenters. The number of oxime groups is 2. The number of rotatable bonds is 1. The molecule has 7 heavy (non-hydrogen) atoms. The van der Waals surface area contributed by atoms with Gasteiger partial charge in [-0.15, -0.1) is 0 Å². The second-order valence-electron chi connectivity index (χ2n) is 0.836. The van der Waals surface area contributed by atoms with Crippen LogP contribution in [-0.2, 0) is 0 Å². The van der Waals surface area contributed by atoms with E-state index in [0.717, 1.165) is 6.21 Å². The van der Waals surface area contributed by atoms with Gasteiger partial charge in [-0.2, -0.15) is 0 Å². The van der Waals surface area contributed by atoms with Crippen LogP contribution in [0, 0.1) is 6.92 Å². The van der Waals surface area contributed by atoms with Gasteiger partial charge in [-0.1, -0.05) is 10.3 Å². The van der Waals surface area contributed by atoms with Gasteiger partial charge in [-0.05, 0) is 0 Å². The summed E-state index contributed by atoms with van der Waals surface area (Å²) in [6, 6.07) is 0. The molecule has 0 atom stereocenters. The molecule has 0 rings (SSSR count). The molecular formula is C3H5N2O2. The van der Waals surface area contributed by atoms with Crippen molar-refractivity contribution < 1.29 is 10.4 Å². The fraction of sp³-hybridized carbons (Fsp3) is 0. The standard InChI is InChI=1S/C3H5N2O2/c1-3(5-7)2-4-6/h2,6-7H,1H2. The Morgan fingerprint density at radius 1 is 1.57 bits per heavy atom. The van der Waals surface area contributed by atoms with E-state index in [1.165, 1.54) is 0 Å². The summed E-state index contributed by atoms with van der Waals surface area (Å²) < 4.78 is 0. The topological polar surface area (TPSA) is 65.2 Å². The summed E-state index contributed by atoms with van der Waals surface area (Å²) in [7, 11) is 0. The molecule has 0 amide bonds. The van der Waals surface area contributed by atoms with Gasteiger partial charge >= 0.3 is 0 Å². The molecule has 0 bridgehead atoms. The molecule has 4 nitrogen and oxygen atoms in total. The summed E-state index contributed by atoms with van der Waals surface area (Å²) in [4.78, 5) is 0. The highest BCUT2D eigenvalue weighted by Crippen LogP contribution is 1.64. The van der Waals surface area contributed by atoms with E-state index >= 15 is 0 Å². The summed E-state index contributed by atoms with van der Waals surface area (Å²) in [5.74, 6) is 0. The molecule has 4 heteroatoms. The van der Waals surface area contributed by atoms with E-state index in [4.69, 9.17) is 10.4 Å². The first kappa shape index (κ1) is 5.94. The first-order chi connectivity index (χ1) is 3.31. The SMILES string of the molecule is [CH2]C(C=NO)=NO. The van der Waals surface area contributed by atoms with Crippen LogP contribution < -0.4 is 0 Å². The highest BCUT2D eigenvalue weighted by atomic mass is 16.4. The van der Waals surface area contributed by atoms with Gasteiger partial charge < -0.3 is 10.4 Å². The molecule has 0 aliphatic rings. The van der Waals surface area contributed by atoms with Crippen molar-refractivity contribution in [2.24, 2.45) is 10.3 Å². The molecule has 0 aromatic rings. The van der Waals surface area contributed by atoms with E-state index in [2.05, 4.69) is 17.2 Å². The van der Waals surface area contributed by atoms with Crippen LogP contribution in [0.25, 0.3) is 0 Å². The Morgan fingerprint density at radius 2 is 2.14 bits per heavy atom. The van der Waals surface area contributed by atoms with Gasteiger partial charge in [0.15, 0.2) is 0 Å². The van der Waals surface area contributed by atoms with Crippen LogP contribution in [0.5, 0.6) is 0 Å². The van der Waals surface area contributed by atoms with Crippen LogP contribution in [0.1, 0.15) is 0 Å². The molecule has 0 aromatic heterocycles. The fourth-order valence-corrected chi connectivity index (χ4v) is 0.0925. The van der Waals surface area contributed by atoms with E-state index in [-0.39, 0.29) is 5.71 Å². The average molecular weight is 101 g/mol. The van der Waals surface area contributed by atoms with Gasteiger partial charge in [0.25, 0.3) is 0 Å². The van der Waals surface area contributed by atoms with E-state index in [0.29, 0.717) is 0 Å². The number of hydrogen-bond donors (Lipinski definition) is 2. The summed E-state index contributed by atoms with van der Waals surface area (Å²) >= 11 is 0. The van der Waals surface area contributed by atoms with E-state index in [9.17, 15) is 0 Å². The van der Waals surface area contributed by atoms with Crippen molar-refractivity contribution in [1.29, 1.82) is 0 Å². The minimum atomic E-state index is 0.0162. The molecule has 0 aromatic carbocycles. The molecule has 0 fully saturated rings. The highest BCUT2D eigenvalue weighted by Gasteiger charge is 1.78. The maximum atomic E-state index is 7.79. The monoisotopic (exact) mass is 101 g/mol. The molecular weight excluding hydrogens is 96.0 g/mol. The lowest BCUT2D eigenvalue weighted by atomic mass is 10.5. The van der Waals surface area contributed by atoms with Crippen LogP contribution >= 0.6 is 0 Å². The second kappa shape index (κ2) is 3.14. The summed E-state index contributed by atoms with van der Waals surface area (Å²) in [5.41, 5.74) is 0.0162. The number of hydrogen-bond acceptors (Lipinski definition) is 4. The van der Waals surface area contributed by atoms with Crippen LogP contribution in [0.2, 0.25) is 0 Å². The van der Waals surface area contributed by atoms with Crippen molar-refractivity contribution in [1.82, 2.24) is 0 Å². The Labute approximate surface area is 40.8 Å². The lowest BCUT2D eigenvalue weighted by molar-refractivity contribution is 0.316. The molecule has 1 radical (unpaired) electrons. The molecule has 39 valence electrons. The molecule has 2 N–H and O–H groups in total. The largest absolute Gasteiger partial charge is 0.411 e. The van der Waals surface area contributed by atoms with Gasteiger partial charge in [0.2, 0.25) is 0 Å². The molecule has 0 heterocycles. The second-order valence-corrected chi connectivity index (χ2v) is 0.836. The maximum absolute atomic E-state index is 7.79. The molecule has 0 saturated heterocycles. The Bertz CT molecular complexity index is 97.1. The first-order valence-corrected chi connectivity index (χ1v) is 1.52. The molecule has 0 saturated carbocycles. The quantitative estimate of drug-likeness (QED) is 0.279. The first-order valence-electron chi connectivity index (χ1n) is 1.52. The predicted octanol–water partition coefficient (Wildman–Crippen LogP) is 0.111. The fourth-order valence-electron chi connectivity index (χ4n) is 0.0925. The van der Waals surface area contributed by atoms with Crippen LogP contribution in [-0.4, -0.2) is 22.3 Å². The summed E-state index contributed by atoms with van der Waals surface area (Å²) in [6.45, 7) is 3.14. The Balaban J connectivity index is 3.58. The van der Waals surface area contributed by atoms with E-state index < -0.39 is 0 Å². The normalized spacial score (nSPS) is 13.0. The van der Waals surface area contributed by atoms with Gasteiger partial charge in [0, 0.05) is 6.92 Å². The smallest absolute Gasteiger partial charge is 0.101 e. The van der Waals surface area contributed by atoms with Crippen molar-refractivity contribution in [3.8, 4) is 0 Å². The lowest BCUT2D eigenvalue weighted by Crippen LogP contribution is -1.90.